The van der Waals surface area contributed by atoms with Crippen LogP contribution in [0.3, 0.4) is 0 Å². The summed E-state index contributed by atoms with van der Waals surface area (Å²) < 4.78 is 6.26. The third kappa shape index (κ3) is 3.05. The third-order valence-electron chi connectivity index (χ3n) is 3.80. The van der Waals surface area contributed by atoms with E-state index in [4.69, 9.17) is 4.43 Å². The zero-order chi connectivity index (χ0) is 12.6. The van der Waals surface area contributed by atoms with Gasteiger partial charge in [0.2, 0.25) is 0 Å². The summed E-state index contributed by atoms with van der Waals surface area (Å²) >= 11 is 0. The Labute approximate surface area is 100 Å². The Morgan fingerprint density at radius 2 is 1.94 bits per heavy atom. The van der Waals surface area contributed by atoms with E-state index in [9.17, 15) is 4.79 Å². The zero-order valence-corrected chi connectivity index (χ0v) is 12.3. The third-order valence-corrected chi connectivity index (χ3v) is 8.30. The highest BCUT2D eigenvalue weighted by Gasteiger charge is 2.39. The van der Waals surface area contributed by atoms with Crippen LogP contribution < -0.4 is 0 Å². The molecule has 0 aromatic heterocycles. The van der Waals surface area contributed by atoms with Crippen molar-refractivity contribution in [3.63, 3.8) is 0 Å². The van der Waals surface area contributed by atoms with Crippen molar-refractivity contribution in [1.82, 2.24) is 0 Å². The molecule has 0 radical (unpaired) electrons. The fraction of sp³-hybridized carbons (Fsp3) is 0.769. The molecular formula is C13H24O2Si. The van der Waals surface area contributed by atoms with Gasteiger partial charge in [-0.25, -0.2) is 0 Å². The lowest BCUT2D eigenvalue weighted by molar-refractivity contribution is -0.119. The van der Waals surface area contributed by atoms with E-state index < -0.39 is 8.32 Å². The summed E-state index contributed by atoms with van der Waals surface area (Å²) in [7, 11) is -1.71. The van der Waals surface area contributed by atoms with Gasteiger partial charge in [0.25, 0.3) is 0 Å². The smallest absolute Gasteiger partial charge is 0.192 e. The van der Waals surface area contributed by atoms with Crippen molar-refractivity contribution in [3.8, 4) is 0 Å². The summed E-state index contributed by atoms with van der Waals surface area (Å²) in [6, 6.07) is 0. The second-order valence-electron chi connectivity index (χ2n) is 6.31. The number of hydrogen-bond donors (Lipinski definition) is 0. The first kappa shape index (κ1) is 13.7. The van der Waals surface area contributed by atoms with Gasteiger partial charge in [-0.15, -0.1) is 0 Å². The quantitative estimate of drug-likeness (QED) is 0.690. The minimum Gasteiger partial charge on any atom is -0.411 e. The fourth-order valence-electron chi connectivity index (χ4n) is 1.55. The van der Waals surface area contributed by atoms with Crippen LogP contribution in [0.4, 0.5) is 0 Å². The molecule has 0 N–H and O–H groups in total. The molecule has 0 saturated heterocycles. The van der Waals surface area contributed by atoms with Crippen LogP contribution in [-0.4, -0.2) is 20.2 Å². The normalized spacial score (nSPS) is 27.2. The first-order valence-electron chi connectivity index (χ1n) is 6.03. The van der Waals surface area contributed by atoms with Crippen molar-refractivity contribution >= 4 is 14.1 Å². The van der Waals surface area contributed by atoms with Gasteiger partial charge in [0, 0.05) is 5.92 Å². The number of hydrogen-bond acceptors (Lipinski definition) is 2. The van der Waals surface area contributed by atoms with Crippen LogP contribution in [0.2, 0.25) is 18.1 Å². The Morgan fingerprint density at radius 1 is 1.38 bits per heavy atom. The molecule has 0 aromatic carbocycles. The van der Waals surface area contributed by atoms with E-state index >= 15 is 0 Å². The maximum Gasteiger partial charge on any atom is 0.192 e. The molecule has 0 saturated carbocycles. The molecule has 0 aliphatic heterocycles. The number of rotatable bonds is 2. The van der Waals surface area contributed by atoms with E-state index in [1.165, 1.54) is 0 Å². The molecule has 0 fully saturated rings. The minimum absolute atomic E-state index is 0.111. The molecule has 0 heterocycles. The minimum atomic E-state index is -1.71. The summed E-state index contributed by atoms with van der Waals surface area (Å²) in [5.41, 5.74) is 0. The number of carbonyl (C=O) groups excluding carboxylic acids is 1. The Balaban J connectivity index is 2.69. The van der Waals surface area contributed by atoms with Crippen LogP contribution in [0.15, 0.2) is 12.2 Å². The number of ketones is 1. The van der Waals surface area contributed by atoms with Gasteiger partial charge in [-0.2, -0.15) is 0 Å². The second-order valence-corrected chi connectivity index (χ2v) is 11.1. The van der Waals surface area contributed by atoms with E-state index in [1.54, 1.807) is 6.08 Å². The van der Waals surface area contributed by atoms with Gasteiger partial charge >= 0.3 is 0 Å². The summed E-state index contributed by atoms with van der Waals surface area (Å²) in [6.07, 6.45) is 4.59. The molecule has 0 spiro atoms. The van der Waals surface area contributed by atoms with Gasteiger partial charge in [-0.1, -0.05) is 33.8 Å². The Morgan fingerprint density at radius 3 is 2.38 bits per heavy atom. The lowest BCUT2D eigenvalue weighted by Gasteiger charge is -2.39. The van der Waals surface area contributed by atoms with Gasteiger partial charge in [0.1, 0.15) is 0 Å². The van der Waals surface area contributed by atoms with E-state index in [-0.39, 0.29) is 22.8 Å². The van der Waals surface area contributed by atoms with Crippen molar-refractivity contribution in [2.75, 3.05) is 0 Å². The van der Waals surface area contributed by atoms with Gasteiger partial charge in [-0.3, -0.25) is 4.79 Å². The molecule has 2 nitrogen and oxygen atoms in total. The highest BCUT2D eigenvalue weighted by molar-refractivity contribution is 6.74. The van der Waals surface area contributed by atoms with E-state index in [2.05, 4.69) is 33.9 Å². The van der Waals surface area contributed by atoms with Crippen molar-refractivity contribution < 1.29 is 9.22 Å². The Bertz CT molecular complexity index is 300. The number of allylic oxidation sites excluding steroid dienone is 1. The van der Waals surface area contributed by atoms with Crippen LogP contribution in [0, 0.1) is 5.92 Å². The average Bonchev–Trinajstić information content (AvgIpc) is 2.09. The molecule has 1 aliphatic carbocycles. The highest BCUT2D eigenvalue weighted by Crippen LogP contribution is 2.38. The monoisotopic (exact) mass is 240 g/mol. The van der Waals surface area contributed by atoms with Gasteiger partial charge in [0.05, 0.1) is 6.10 Å². The topological polar surface area (TPSA) is 26.3 Å². The predicted molar refractivity (Wildman–Crippen MR) is 70.0 cm³/mol. The molecule has 16 heavy (non-hydrogen) atoms. The summed E-state index contributed by atoms with van der Waals surface area (Å²) in [4.78, 5) is 11.4. The van der Waals surface area contributed by atoms with E-state index in [0.29, 0.717) is 0 Å². The van der Waals surface area contributed by atoms with Crippen molar-refractivity contribution in [3.05, 3.63) is 12.2 Å². The highest BCUT2D eigenvalue weighted by atomic mass is 28.4. The van der Waals surface area contributed by atoms with Crippen molar-refractivity contribution in [2.24, 2.45) is 5.92 Å². The maximum atomic E-state index is 11.4. The fourth-order valence-corrected chi connectivity index (χ4v) is 2.84. The summed E-state index contributed by atoms with van der Waals surface area (Å²) in [6.45, 7) is 13.2. The largest absolute Gasteiger partial charge is 0.411 e. The molecular weight excluding hydrogens is 216 g/mol. The van der Waals surface area contributed by atoms with Crippen LogP contribution in [0.5, 0.6) is 0 Å². The second kappa shape index (κ2) is 4.45. The molecule has 0 amide bonds. The molecule has 0 aromatic rings. The van der Waals surface area contributed by atoms with Crippen LogP contribution in [0.1, 0.15) is 34.1 Å². The van der Waals surface area contributed by atoms with Crippen LogP contribution in [-0.2, 0) is 9.22 Å². The molecule has 92 valence electrons. The van der Waals surface area contributed by atoms with Crippen LogP contribution in [0.25, 0.3) is 0 Å². The first-order chi connectivity index (χ1) is 7.13. The standard InChI is InChI=1S/C13H24O2Si/c1-10-9-11(7-8-12(10)14)15-16(5,6)13(2,3)4/h7-8,10-11H,9H2,1-6H3/t10-,11-/m1/s1. The Kier molecular flexibility index (Phi) is 3.80. The van der Waals surface area contributed by atoms with Crippen molar-refractivity contribution in [1.29, 1.82) is 0 Å². The van der Waals surface area contributed by atoms with Crippen LogP contribution >= 0.6 is 0 Å². The number of carbonyl (C=O) groups is 1. The maximum absolute atomic E-state index is 11.4. The van der Waals surface area contributed by atoms with E-state index in [1.807, 2.05) is 13.0 Å². The molecule has 1 rings (SSSR count). The Hall–Kier alpha value is -0.413. The van der Waals surface area contributed by atoms with Crippen molar-refractivity contribution in [2.45, 2.75) is 58.4 Å². The molecule has 0 bridgehead atoms. The van der Waals surface area contributed by atoms with Gasteiger partial charge in [0.15, 0.2) is 14.1 Å². The van der Waals surface area contributed by atoms with Gasteiger partial charge in [-0.05, 0) is 30.6 Å². The lowest BCUT2D eigenvalue weighted by atomic mass is 9.93. The predicted octanol–water partition coefficient (Wildman–Crippen LogP) is 3.54. The van der Waals surface area contributed by atoms with Gasteiger partial charge < -0.3 is 4.43 Å². The summed E-state index contributed by atoms with van der Waals surface area (Å²) in [5.74, 6) is 0.342. The SMILES string of the molecule is C[C@@H]1C[C@H](O[Si](C)(C)C(C)(C)C)C=CC1=O. The van der Waals surface area contributed by atoms with E-state index in [0.717, 1.165) is 6.42 Å². The lowest BCUT2D eigenvalue weighted by Crippen LogP contribution is -2.44. The summed E-state index contributed by atoms with van der Waals surface area (Å²) in [5, 5.41) is 0.228. The average molecular weight is 240 g/mol. The first-order valence-corrected chi connectivity index (χ1v) is 8.94. The molecule has 0 unspecified atom stereocenters. The zero-order valence-electron chi connectivity index (χ0n) is 11.3. The molecule has 1 aliphatic rings. The molecule has 2 atom stereocenters. The molecule has 3 heteroatoms.